The second-order valence-corrected chi connectivity index (χ2v) is 8.66. The lowest BCUT2D eigenvalue weighted by atomic mass is 9.98. The Kier molecular flexibility index (Phi) is 5.10. The molecule has 2 fully saturated rings. The maximum atomic E-state index is 9.40. The fraction of sp³-hybridized carbons (Fsp3) is 0.400. The number of aromatic nitrogens is 2. The number of aryl methyl sites for hydroxylation is 1. The summed E-state index contributed by atoms with van der Waals surface area (Å²) in [7, 11) is 1.70. The zero-order valence-electron chi connectivity index (χ0n) is 18.8. The van der Waals surface area contributed by atoms with Crippen LogP contribution < -0.4 is 15.0 Å². The third kappa shape index (κ3) is 3.41. The number of benzene rings is 2. The van der Waals surface area contributed by atoms with Gasteiger partial charge in [0.05, 0.1) is 54.7 Å². The lowest BCUT2D eigenvalue weighted by molar-refractivity contribution is 0.0990. The van der Waals surface area contributed by atoms with Crippen LogP contribution in [-0.4, -0.2) is 42.4 Å². The third-order valence-electron chi connectivity index (χ3n) is 6.63. The average molecular weight is 430 g/mol. The second kappa shape index (κ2) is 7.95. The number of methoxy groups -OCH3 is 1. The number of hydrogen-bond donors (Lipinski definition) is 1. The van der Waals surface area contributed by atoms with Crippen molar-refractivity contribution in [3.8, 4) is 11.8 Å². The molecule has 2 saturated heterocycles. The van der Waals surface area contributed by atoms with Crippen LogP contribution in [0.1, 0.15) is 41.9 Å². The van der Waals surface area contributed by atoms with Crippen LogP contribution in [-0.2, 0) is 4.74 Å². The Balaban J connectivity index is 1.57. The molecule has 7 nitrogen and oxygen atoms in total. The summed E-state index contributed by atoms with van der Waals surface area (Å²) in [4.78, 5) is 11.8. The van der Waals surface area contributed by atoms with Gasteiger partial charge in [-0.25, -0.2) is 9.97 Å². The van der Waals surface area contributed by atoms with Crippen molar-refractivity contribution < 1.29 is 9.47 Å². The Hall–Kier alpha value is -3.37. The zero-order valence-corrected chi connectivity index (χ0v) is 18.8. The molecule has 2 aliphatic rings. The van der Waals surface area contributed by atoms with Crippen LogP contribution in [0.3, 0.4) is 0 Å². The number of nitrogens with one attached hydrogen (secondary N) is 1. The van der Waals surface area contributed by atoms with Gasteiger partial charge in [-0.15, -0.1) is 0 Å². The van der Waals surface area contributed by atoms with Crippen molar-refractivity contribution in [2.75, 3.05) is 30.5 Å². The van der Waals surface area contributed by atoms with Crippen molar-refractivity contribution in [1.82, 2.24) is 9.97 Å². The van der Waals surface area contributed by atoms with Crippen molar-refractivity contribution in [3.63, 3.8) is 0 Å². The van der Waals surface area contributed by atoms with Crippen molar-refractivity contribution in [3.05, 3.63) is 52.8 Å². The SMILES string of the molecule is COc1cc2nc(C)nc(N[C@H](C)c3cccc(C#N)c3C)c2cc1N1CC2CC1CO2. The first-order chi connectivity index (χ1) is 15.5. The monoisotopic (exact) mass is 429 g/mol. The van der Waals surface area contributed by atoms with Gasteiger partial charge in [0.25, 0.3) is 0 Å². The maximum Gasteiger partial charge on any atom is 0.144 e. The Morgan fingerprint density at radius 1 is 1.28 bits per heavy atom. The summed E-state index contributed by atoms with van der Waals surface area (Å²) in [6, 6.07) is 12.6. The van der Waals surface area contributed by atoms with Crippen LogP contribution >= 0.6 is 0 Å². The number of nitrogens with zero attached hydrogens (tertiary/aromatic N) is 4. The van der Waals surface area contributed by atoms with Gasteiger partial charge in [-0.1, -0.05) is 12.1 Å². The van der Waals surface area contributed by atoms with Gasteiger partial charge in [0.1, 0.15) is 17.4 Å². The molecule has 5 rings (SSSR count). The van der Waals surface area contributed by atoms with E-state index in [-0.39, 0.29) is 6.04 Å². The van der Waals surface area contributed by atoms with Gasteiger partial charge >= 0.3 is 0 Å². The molecular formula is C25H27N5O2. The minimum absolute atomic E-state index is 0.0254. The molecule has 164 valence electrons. The van der Waals surface area contributed by atoms with Crippen molar-refractivity contribution in [2.24, 2.45) is 0 Å². The number of morpholine rings is 1. The van der Waals surface area contributed by atoms with Gasteiger partial charge in [0.15, 0.2) is 0 Å². The molecule has 3 atom stereocenters. The summed E-state index contributed by atoms with van der Waals surface area (Å²) in [5.74, 6) is 2.30. The predicted octanol–water partition coefficient (Wildman–Crippen LogP) is 4.28. The first-order valence-corrected chi connectivity index (χ1v) is 11.0. The molecule has 3 heterocycles. The number of ether oxygens (including phenoxy) is 2. The predicted molar refractivity (Wildman–Crippen MR) is 124 cm³/mol. The minimum Gasteiger partial charge on any atom is -0.495 e. The molecule has 2 bridgehead atoms. The minimum atomic E-state index is -0.0254. The maximum absolute atomic E-state index is 9.40. The van der Waals surface area contributed by atoms with Crippen LogP contribution in [0.5, 0.6) is 5.75 Å². The van der Waals surface area contributed by atoms with Gasteiger partial charge in [-0.05, 0) is 50.5 Å². The topological polar surface area (TPSA) is 83.3 Å². The van der Waals surface area contributed by atoms with Gasteiger partial charge in [-0.2, -0.15) is 5.26 Å². The van der Waals surface area contributed by atoms with Crippen molar-refractivity contribution >= 4 is 22.4 Å². The summed E-state index contributed by atoms with van der Waals surface area (Å²) < 4.78 is 11.5. The summed E-state index contributed by atoms with van der Waals surface area (Å²) >= 11 is 0. The highest BCUT2D eigenvalue weighted by Crippen LogP contribution is 2.41. The van der Waals surface area contributed by atoms with E-state index in [1.54, 1.807) is 7.11 Å². The van der Waals surface area contributed by atoms with E-state index in [1.807, 2.05) is 32.0 Å². The first-order valence-electron chi connectivity index (χ1n) is 11.0. The van der Waals surface area contributed by atoms with Gasteiger partial charge in [0, 0.05) is 18.0 Å². The molecule has 2 unspecified atom stereocenters. The lowest BCUT2D eigenvalue weighted by Gasteiger charge is -2.30. The van der Waals surface area contributed by atoms with Crippen LogP contribution in [0.2, 0.25) is 0 Å². The molecule has 2 aromatic carbocycles. The summed E-state index contributed by atoms with van der Waals surface area (Å²) in [6.45, 7) is 7.61. The van der Waals surface area contributed by atoms with Gasteiger partial charge in [-0.3, -0.25) is 0 Å². The van der Waals surface area contributed by atoms with E-state index in [0.717, 1.165) is 58.9 Å². The number of nitriles is 1. The van der Waals surface area contributed by atoms with Crippen LogP contribution in [0, 0.1) is 25.2 Å². The molecule has 0 amide bonds. The Labute approximate surface area is 188 Å². The number of fused-ring (bicyclic) bond motifs is 3. The molecular weight excluding hydrogens is 402 g/mol. The van der Waals surface area contributed by atoms with Gasteiger partial charge < -0.3 is 19.7 Å². The van der Waals surface area contributed by atoms with Crippen LogP contribution in [0.15, 0.2) is 30.3 Å². The largest absolute Gasteiger partial charge is 0.495 e. The number of rotatable bonds is 5. The zero-order chi connectivity index (χ0) is 22.4. The molecule has 32 heavy (non-hydrogen) atoms. The van der Waals surface area contributed by atoms with Crippen LogP contribution in [0.4, 0.5) is 11.5 Å². The summed E-state index contributed by atoms with van der Waals surface area (Å²) in [5, 5.41) is 13.9. The lowest BCUT2D eigenvalue weighted by Crippen LogP contribution is -2.37. The molecule has 1 aromatic heterocycles. The van der Waals surface area contributed by atoms with E-state index in [9.17, 15) is 5.26 Å². The fourth-order valence-electron chi connectivity index (χ4n) is 4.98. The van der Waals surface area contributed by atoms with E-state index >= 15 is 0 Å². The summed E-state index contributed by atoms with van der Waals surface area (Å²) in [6.07, 6.45) is 1.35. The normalized spacial score (nSPS) is 20.4. The third-order valence-corrected chi connectivity index (χ3v) is 6.63. The molecule has 0 radical (unpaired) electrons. The van der Waals surface area contributed by atoms with E-state index in [2.05, 4.69) is 40.3 Å². The Bertz CT molecular complexity index is 1240. The molecule has 0 spiro atoms. The Morgan fingerprint density at radius 2 is 2.12 bits per heavy atom. The first kappa shape index (κ1) is 20.5. The highest BCUT2D eigenvalue weighted by Gasteiger charge is 2.40. The molecule has 0 saturated carbocycles. The molecule has 0 aliphatic carbocycles. The smallest absolute Gasteiger partial charge is 0.144 e. The second-order valence-electron chi connectivity index (χ2n) is 8.66. The molecule has 2 aliphatic heterocycles. The average Bonchev–Trinajstić information content (AvgIpc) is 3.42. The van der Waals surface area contributed by atoms with E-state index in [0.29, 0.717) is 23.5 Å². The Morgan fingerprint density at radius 3 is 2.81 bits per heavy atom. The standard InChI is InChI=1S/C25H27N5O2/c1-14-17(11-26)6-5-7-20(14)15(2)27-25-21-9-23(30-12-19-8-18(30)13-32-19)24(31-4)10-22(21)28-16(3)29-25/h5-7,9-10,15,18-19H,8,12-13H2,1-4H3,(H,27,28,29)/t15-,18?,19?/m1/s1. The molecule has 7 heteroatoms. The van der Waals surface area contributed by atoms with E-state index in [1.165, 1.54) is 0 Å². The number of anilines is 2. The van der Waals surface area contributed by atoms with E-state index < -0.39 is 0 Å². The molecule has 1 N–H and O–H groups in total. The fourth-order valence-corrected chi connectivity index (χ4v) is 4.98. The van der Waals surface area contributed by atoms with Gasteiger partial charge in [0.2, 0.25) is 0 Å². The van der Waals surface area contributed by atoms with Crippen molar-refractivity contribution in [2.45, 2.75) is 45.4 Å². The molecule has 3 aromatic rings. The number of hydrogen-bond acceptors (Lipinski definition) is 7. The van der Waals surface area contributed by atoms with Crippen molar-refractivity contribution in [1.29, 1.82) is 5.26 Å². The van der Waals surface area contributed by atoms with E-state index in [4.69, 9.17) is 14.5 Å². The quantitative estimate of drug-likeness (QED) is 0.648. The summed E-state index contributed by atoms with van der Waals surface area (Å²) in [5.41, 5.74) is 4.66. The van der Waals surface area contributed by atoms with Crippen LogP contribution in [0.25, 0.3) is 10.9 Å². The highest BCUT2D eigenvalue weighted by atomic mass is 16.5. The highest BCUT2D eigenvalue weighted by molar-refractivity contribution is 5.94.